The Hall–Kier alpha value is -1.11. The second-order valence-electron chi connectivity index (χ2n) is 6.53. The fourth-order valence-electron chi connectivity index (χ4n) is 3.63. The van der Waals surface area contributed by atoms with E-state index >= 15 is 0 Å². The molecule has 0 aliphatic carbocycles. The standard InChI is InChI=1S/C17H22BrN3O2.ClH/c1-11-6-12(8-19)9-20(11)17(23)13-7-16(22)21(10-13)15-5-3-2-4-14(15)18;/h2-5,11-13H,6-10,19H2,1H3;1H. The number of para-hydroxylation sites is 1. The summed E-state index contributed by atoms with van der Waals surface area (Å²) in [4.78, 5) is 28.8. The molecule has 3 unspecified atom stereocenters. The van der Waals surface area contributed by atoms with Gasteiger partial charge in [-0.25, -0.2) is 0 Å². The maximum absolute atomic E-state index is 12.8. The maximum Gasteiger partial charge on any atom is 0.228 e. The van der Waals surface area contributed by atoms with Crippen LogP contribution >= 0.6 is 28.3 Å². The lowest BCUT2D eigenvalue weighted by Crippen LogP contribution is -2.40. The predicted molar refractivity (Wildman–Crippen MR) is 100 cm³/mol. The lowest BCUT2D eigenvalue weighted by Gasteiger charge is -2.25. The number of carbonyl (C=O) groups excluding carboxylic acids is 2. The molecule has 132 valence electrons. The molecule has 0 radical (unpaired) electrons. The number of nitrogens with zero attached hydrogens (tertiary/aromatic N) is 2. The summed E-state index contributed by atoms with van der Waals surface area (Å²) in [5.41, 5.74) is 6.58. The highest BCUT2D eigenvalue weighted by Crippen LogP contribution is 2.33. The van der Waals surface area contributed by atoms with E-state index in [2.05, 4.69) is 22.9 Å². The van der Waals surface area contributed by atoms with Gasteiger partial charge in [-0.1, -0.05) is 12.1 Å². The third-order valence-corrected chi connectivity index (χ3v) is 5.57. The average molecular weight is 417 g/mol. The van der Waals surface area contributed by atoms with Crippen LogP contribution in [0, 0.1) is 11.8 Å². The number of anilines is 1. The summed E-state index contributed by atoms with van der Waals surface area (Å²) in [7, 11) is 0. The van der Waals surface area contributed by atoms with E-state index in [1.807, 2.05) is 29.2 Å². The topological polar surface area (TPSA) is 66.6 Å². The van der Waals surface area contributed by atoms with Crippen LogP contribution in [-0.4, -0.2) is 42.4 Å². The van der Waals surface area contributed by atoms with Crippen LogP contribution in [0.3, 0.4) is 0 Å². The van der Waals surface area contributed by atoms with Crippen LogP contribution in [-0.2, 0) is 9.59 Å². The smallest absolute Gasteiger partial charge is 0.228 e. The summed E-state index contributed by atoms with van der Waals surface area (Å²) in [5, 5.41) is 0. The molecule has 2 amide bonds. The quantitative estimate of drug-likeness (QED) is 0.823. The van der Waals surface area contributed by atoms with Crippen molar-refractivity contribution in [3.8, 4) is 0 Å². The van der Waals surface area contributed by atoms with Crippen molar-refractivity contribution < 1.29 is 9.59 Å². The highest BCUT2D eigenvalue weighted by molar-refractivity contribution is 9.10. The monoisotopic (exact) mass is 415 g/mol. The molecule has 0 bridgehead atoms. The van der Waals surface area contributed by atoms with E-state index in [0.29, 0.717) is 19.0 Å². The van der Waals surface area contributed by atoms with Crippen molar-refractivity contribution in [2.45, 2.75) is 25.8 Å². The molecule has 2 saturated heterocycles. The zero-order valence-corrected chi connectivity index (χ0v) is 16.1. The summed E-state index contributed by atoms with van der Waals surface area (Å²) in [6.45, 7) is 3.85. The molecule has 0 aromatic heterocycles. The van der Waals surface area contributed by atoms with Crippen molar-refractivity contribution in [2.24, 2.45) is 17.6 Å². The fraction of sp³-hybridized carbons (Fsp3) is 0.529. The molecule has 0 saturated carbocycles. The molecule has 24 heavy (non-hydrogen) atoms. The van der Waals surface area contributed by atoms with Crippen molar-refractivity contribution in [2.75, 3.05) is 24.5 Å². The van der Waals surface area contributed by atoms with Crippen molar-refractivity contribution in [3.63, 3.8) is 0 Å². The fourth-order valence-corrected chi connectivity index (χ4v) is 4.13. The van der Waals surface area contributed by atoms with Gasteiger partial charge in [-0.2, -0.15) is 0 Å². The van der Waals surface area contributed by atoms with Gasteiger partial charge in [-0.3, -0.25) is 9.59 Å². The van der Waals surface area contributed by atoms with Gasteiger partial charge in [0.2, 0.25) is 11.8 Å². The van der Waals surface area contributed by atoms with Crippen molar-refractivity contribution in [3.05, 3.63) is 28.7 Å². The molecule has 2 fully saturated rings. The SMILES string of the molecule is CC1CC(CN)CN1C(=O)C1CC(=O)N(c2ccccc2Br)C1.Cl. The van der Waals surface area contributed by atoms with Crippen molar-refractivity contribution in [1.82, 2.24) is 4.90 Å². The molecule has 5 nitrogen and oxygen atoms in total. The predicted octanol–water partition coefficient (Wildman–Crippen LogP) is 2.42. The van der Waals surface area contributed by atoms with Crippen molar-refractivity contribution in [1.29, 1.82) is 0 Å². The third-order valence-electron chi connectivity index (χ3n) is 4.90. The minimum Gasteiger partial charge on any atom is -0.339 e. The van der Waals surface area contributed by atoms with Crippen LogP contribution in [0.15, 0.2) is 28.7 Å². The lowest BCUT2D eigenvalue weighted by molar-refractivity contribution is -0.136. The Bertz CT molecular complexity index is 628. The Labute approximate surface area is 157 Å². The Morgan fingerprint density at radius 2 is 2.04 bits per heavy atom. The first kappa shape index (κ1) is 19.2. The number of hydrogen-bond donors (Lipinski definition) is 1. The number of amides is 2. The molecule has 1 aromatic carbocycles. The number of likely N-dealkylation sites (tertiary alicyclic amines) is 1. The van der Waals surface area contributed by atoms with Crippen LogP contribution in [0.1, 0.15) is 19.8 Å². The first-order chi connectivity index (χ1) is 11.0. The number of carbonyl (C=O) groups is 2. The van der Waals surface area contributed by atoms with Crippen LogP contribution in [0.5, 0.6) is 0 Å². The molecule has 2 N–H and O–H groups in total. The largest absolute Gasteiger partial charge is 0.339 e. The van der Waals surface area contributed by atoms with Gasteiger partial charge in [0.1, 0.15) is 0 Å². The summed E-state index contributed by atoms with van der Waals surface area (Å²) < 4.78 is 0.874. The first-order valence-electron chi connectivity index (χ1n) is 8.06. The lowest BCUT2D eigenvalue weighted by atomic mass is 10.1. The molecular weight excluding hydrogens is 394 g/mol. The summed E-state index contributed by atoms with van der Waals surface area (Å²) in [5.74, 6) is 0.229. The zero-order valence-electron chi connectivity index (χ0n) is 13.7. The molecule has 3 rings (SSSR count). The van der Waals surface area contributed by atoms with E-state index in [4.69, 9.17) is 5.73 Å². The van der Waals surface area contributed by atoms with Crippen LogP contribution < -0.4 is 10.6 Å². The third kappa shape index (κ3) is 3.60. The molecule has 7 heteroatoms. The van der Waals surface area contributed by atoms with Crippen molar-refractivity contribution >= 4 is 45.8 Å². The summed E-state index contributed by atoms with van der Waals surface area (Å²) >= 11 is 3.48. The molecule has 0 spiro atoms. The van der Waals surface area contributed by atoms with E-state index in [1.54, 1.807) is 4.90 Å². The van der Waals surface area contributed by atoms with Crippen LogP contribution in [0.4, 0.5) is 5.69 Å². The van der Waals surface area contributed by atoms with E-state index in [1.165, 1.54) is 0 Å². The summed E-state index contributed by atoms with van der Waals surface area (Å²) in [6.07, 6.45) is 1.24. The van der Waals surface area contributed by atoms with Gasteiger partial charge < -0.3 is 15.5 Å². The Morgan fingerprint density at radius 1 is 1.33 bits per heavy atom. The summed E-state index contributed by atoms with van der Waals surface area (Å²) in [6, 6.07) is 7.83. The first-order valence-corrected chi connectivity index (χ1v) is 8.86. The van der Waals surface area contributed by atoms with Gasteiger partial charge in [0.15, 0.2) is 0 Å². The second-order valence-corrected chi connectivity index (χ2v) is 7.39. The Balaban J connectivity index is 0.00000208. The molecule has 3 atom stereocenters. The van der Waals surface area contributed by atoms with Gasteiger partial charge in [0.05, 0.1) is 11.6 Å². The number of benzene rings is 1. The number of hydrogen-bond acceptors (Lipinski definition) is 3. The number of rotatable bonds is 3. The van der Waals surface area contributed by atoms with E-state index < -0.39 is 0 Å². The average Bonchev–Trinajstić information content (AvgIpc) is 3.10. The molecular formula is C17H23BrClN3O2. The van der Waals surface area contributed by atoms with Gasteiger partial charge in [0, 0.05) is 30.0 Å². The number of nitrogens with two attached hydrogens (primary N) is 1. The van der Waals surface area contributed by atoms with Gasteiger partial charge in [-0.05, 0) is 53.9 Å². The Morgan fingerprint density at radius 3 is 2.67 bits per heavy atom. The van der Waals surface area contributed by atoms with Gasteiger partial charge in [0.25, 0.3) is 0 Å². The highest BCUT2D eigenvalue weighted by Gasteiger charge is 2.41. The van der Waals surface area contributed by atoms with E-state index in [0.717, 1.165) is 23.1 Å². The maximum atomic E-state index is 12.8. The molecule has 2 aliphatic rings. The Kier molecular flexibility index (Phi) is 6.28. The van der Waals surface area contributed by atoms with Gasteiger partial charge >= 0.3 is 0 Å². The molecule has 2 heterocycles. The number of halogens is 2. The van der Waals surface area contributed by atoms with Crippen LogP contribution in [0.25, 0.3) is 0 Å². The zero-order chi connectivity index (χ0) is 16.6. The highest BCUT2D eigenvalue weighted by atomic mass is 79.9. The second kappa shape index (κ2) is 7.85. The normalized spacial score (nSPS) is 26.6. The minimum atomic E-state index is -0.256. The molecule has 1 aromatic rings. The van der Waals surface area contributed by atoms with E-state index in [-0.39, 0.29) is 42.6 Å². The van der Waals surface area contributed by atoms with Crippen LogP contribution in [0.2, 0.25) is 0 Å². The van der Waals surface area contributed by atoms with Gasteiger partial charge in [-0.15, -0.1) is 12.4 Å². The molecule has 2 aliphatic heterocycles. The minimum absolute atomic E-state index is 0. The van der Waals surface area contributed by atoms with E-state index in [9.17, 15) is 9.59 Å².